The van der Waals surface area contributed by atoms with Crippen molar-refractivity contribution in [1.82, 2.24) is 15.5 Å². The summed E-state index contributed by atoms with van der Waals surface area (Å²) < 4.78 is 13.1. The standard InChI is InChI=1S/C18H27FN4.HI/c1-20-18(21-9-7-14-3-2-4-16(19)11-14)22-12-15-8-10-23(13-15)17-5-6-17;/h2-4,11,15,17H,5-10,12-13H2,1H3,(H2,20,21,22);1H. The minimum Gasteiger partial charge on any atom is -0.356 e. The van der Waals surface area contributed by atoms with Gasteiger partial charge in [-0.1, -0.05) is 12.1 Å². The second-order valence-corrected chi connectivity index (χ2v) is 6.64. The van der Waals surface area contributed by atoms with Crippen LogP contribution in [0.2, 0.25) is 0 Å². The Morgan fingerprint density at radius 2 is 2.12 bits per heavy atom. The van der Waals surface area contributed by atoms with Crippen LogP contribution in [0.3, 0.4) is 0 Å². The zero-order valence-corrected chi connectivity index (χ0v) is 16.6. The van der Waals surface area contributed by atoms with E-state index in [1.165, 1.54) is 38.4 Å². The highest BCUT2D eigenvalue weighted by molar-refractivity contribution is 14.0. The number of guanidine groups is 1. The van der Waals surface area contributed by atoms with E-state index in [1.807, 2.05) is 6.07 Å². The minimum absolute atomic E-state index is 0. The van der Waals surface area contributed by atoms with E-state index in [4.69, 9.17) is 0 Å². The van der Waals surface area contributed by atoms with E-state index in [9.17, 15) is 4.39 Å². The van der Waals surface area contributed by atoms with Crippen LogP contribution in [0.4, 0.5) is 4.39 Å². The Morgan fingerprint density at radius 3 is 2.83 bits per heavy atom. The third-order valence-electron chi connectivity index (χ3n) is 4.76. The van der Waals surface area contributed by atoms with Crippen LogP contribution in [-0.2, 0) is 6.42 Å². The number of nitrogens with one attached hydrogen (secondary N) is 2. The molecule has 2 N–H and O–H groups in total. The number of benzene rings is 1. The van der Waals surface area contributed by atoms with E-state index < -0.39 is 0 Å². The molecule has 3 rings (SSSR count). The summed E-state index contributed by atoms with van der Waals surface area (Å²) in [5, 5.41) is 6.74. The normalized spacial score (nSPS) is 21.4. The molecule has 1 aliphatic heterocycles. The lowest BCUT2D eigenvalue weighted by molar-refractivity contribution is 0.314. The van der Waals surface area contributed by atoms with Gasteiger partial charge in [0.25, 0.3) is 0 Å². The molecule has 0 aromatic heterocycles. The summed E-state index contributed by atoms with van der Waals surface area (Å²) in [6, 6.07) is 7.64. The minimum atomic E-state index is -0.175. The predicted octanol–water partition coefficient (Wildman–Crippen LogP) is 2.64. The van der Waals surface area contributed by atoms with Crippen LogP contribution < -0.4 is 10.6 Å². The first kappa shape index (κ1) is 19.4. The monoisotopic (exact) mass is 446 g/mol. The maximum Gasteiger partial charge on any atom is 0.190 e. The molecule has 0 radical (unpaired) electrons. The molecule has 1 aliphatic carbocycles. The molecule has 6 heteroatoms. The lowest BCUT2D eigenvalue weighted by Gasteiger charge is -2.17. The van der Waals surface area contributed by atoms with Gasteiger partial charge in [-0.3, -0.25) is 4.99 Å². The first-order chi connectivity index (χ1) is 11.2. The molecule has 0 spiro atoms. The van der Waals surface area contributed by atoms with E-state index in [2.05, 4.69) is 20.5 Å². The van der Waals surface area contributed by atoms with Crippen molar-refractivity contribution in [2.75, 3.05) is 33.2 Å². The number of hydrogen-bond donors (Lipinski definition) is 2. The Morgan fingerprint density at radius 1 is 1.29 bits per heavy atom. The summed E-state index contributed by atoms with van der Waals surface area (Å²) >= 11 is 0. The summed E-state index contributed by atoms with van der Waals surface area (Å²) in [6.07, 6.45) is 4.86. The van der Waals surface area contributed by atoms with Gasteiger partial charge in [0.05, 0.1) is 0 Å². The van der Waals surface area contributed by atoms with Crippen molar-refractivity contribution in [2.45, 2.75) is 31.7 Å². The molecule has 24 heavy (non-hydrogen) atoms. The summed E-state index contributed by atoms with van der Waals surface area (Å²) in [5.41, 5.74) is 1.00. The fourth-order valence-electron chi connectivity index (χ4n) is 3.28. The van der Waals surface area contributed by atoms with Gasteiger partial charge in [0.15, 0.2) is 5.96 Å². The molecule has 1 aromatic carbocycles. The number of aliphatic imine (C=N–C) groups is 1. The Bertz CT molecular complexity index is 548. The summed E-state index contributed by atoms with van der Waals surface area (Å²) in [5.74, 6) is 1.38. The van der Waals surface area contributed by atoms with Crippen molar-refractivity contribution in [3.8, 4) is 0 Å². The summed E-state index contributed by atoms with van der Waals surface area (Å²) in [6.45, 7) is 4.20. The molecule has 0 bridgehead atoms. The molecule has 1 saturated carbocycles. The number of rotatable bonds is 6. The molecule has 1 heterocycles. The predicted molar refractivity (Wildman–Crippen MR) is 108 cm³/mol. The van der Waals surface area contributed by atoms with E-state index in [-0.39, 0.29) is 29.8 Å². The summed E-state index contributed by atoms with van der Waals surface area (Å²) in [4.78, 5) is 6.90. The van der Waals surface area contributed by atoms with E-state index >= 15 is 0 Å². The highest BCUT2D eigenvalue weighted by Crippen LogP contribution is 2.31. The Balaban J connectivity index is 0.00000208. The lowest BCUT2D eigenvalue weighted by Crippen LogP contribution is -2.41. The largest absolute Gasteiger partial charge is 0.356 e. The highest BCUT2D eigenvalue weighted by Gasteiger charge is 2.34. The van der Waals surface area contributed by atoms with Crippen molar-refractivity contribution >= 4 is 29.9 Å². The highest BCUT2D eigenvalue weighted by atomic mass is 127. The zero-order chi connectivity index (χ0) is 16.1. The van der Waals surface area contributed by atoms with E-state index in [0.717, 1.165) is 43.0 Å². The van der Waals surface area contributed by atoms with Gasteiger partial charge in [-0.2, -0.15) is 0 Å². The maximum atomic E-state index is 13.1. The Hall–Kier alpha value is -0.890. The second-order valence-electron chi connectivity index (χ2n) is 6.64. The molecule has 0 amide bonds. The SMILES string of the molecule is CN=C(NCCc1cccc(F)c1)NCC1CCN(C2CC2)C1.I. The molecule has 1 atom stereocenters. The van der Waals surface area contributed by atoms with Gasteiger partial charge in [0.2, 0.25) is 0 Å². The molecular weight excluding hydrogens is 418 g/mol. The van der Waals surface area contributed by atoms with Crippen molar-refractivity contribution in [1.29, 1.82) is 0 Å². The van der Waals surface area contributed by atoms with Crippen LogP contribution in [0.15, 0.2) is 29.3 Å². The van der Waals surface area contributed by atoms with Gasteiger partial charge >= 0.3 is 0 Å². The van der Waals surface area contributed by atoms with Gasteiger partial charge in [0, 0.05) is 32.7 Å². The third kappa shape index (κ3) is 5.88. The zero-order valence-electron chi connectivity index (χ0n) is 14.3. The third-order valence-corrected chi connectivity index (χ3v) is 4.76. The molecule has 1 saturated heterocycles. The van der Waals surface area contributed by atoms with Crippen LogP contribution in [0.5, 0.6) is 0 Å². The van der Waals surface area contributed by atoms with Crippen molar-refractivity contribution in [2.24, 2.45) is 10.9 Å². The molecule has 2 fully saturated rings. The molecular formula is C18H28FIN4. The molecule has 1 unspecified atom stereocenters. The Labute approximate surface area is 161 Å². The molecule has 1 aromatic rings. The van der Waals surface area contributed by atoms with Gasteiger partial charge in [-0.05, 0) is 55.8 Å². The van der Waals surface area contributed by atoms with Crippen LogP contribution in [0.25, 0.3) is 0 Å². The average Bonchev–Trinajstić information content (AvgIpc) is 3.30. The first-order valence-corrected chi connectivity index (χ1v) is 8.67. The van der Waals surface area contributed by atoms with Gasteiger partial charge in [-0.15, -0.1) is 24.0 Å². The van der Waals surface area contributed by atoms with Crippen molar-refractivity contribution < 1.29 is 4.39 Å². The topological polar surface area (TPSA) is 39.7 Å². The van der Waals surface area contributed by atoms with Gasteiger partial charge in [0.1, 0.15) is 5.82 Å². The van der Waals surface area contributed by atoms with Crippen LogP contribution >= 0.6 is 24.0 Å². The second kappa shape index (κ2) is 9.56. The van der Waals surface area contributed by atoms with Crippen LogP contribution in [0.1, 0.15) is 24.8 Å². The fourth-order valence-corrected chi connectivity index (χ4v) is 3.28. The molecule has 2 aliphatic rings. The van der Waals surface area contributed by atoms with Crippen LogP contribution in [-0.4, -0.2) is 50.1 Å². The van der Waals surface area contributed by atoms with Crippen LogP contribution in [0, 0.1) is 11.7 Å². The first-order valence-electron chi connectivity index (χ1n) is 8.67. The van der Waals surface area contributed by atoms with E-state index in [0.29, 0.717) is 0 Å². The fraction of sp³-hybridized carbons (Fsp3) is 0.611. The number of hydrogen-bond acceptors (Lipinski definition) is 2. The lowest BCUT2D eigenvalue weighted by atomic mass is 10.1. The maximum absolute atomic E-state index is 13.1. The summed E-state index contributed by atoms with van der Waals surface area (Å²) in [7, 11) is 1.79. The number of likely N-dealkylation sites (tertiary alicyclic amines) is 1. The average molecular weight is 446 g/mol. The quantitative estimate of drug-likeness (QED) is 0.401. The van der Waals surface area contributed by atoms with E-state index in [1.54, 1.807) is 19.2 Å². The van der Waals surface area contributed by atoms with Crippen molar-refractivity contribution in [3.05, 3.63) is 35.6 Å². The van der Waals surface area contributed by atoms with Gasteiger partial charge < -0.3 is 15.5 Å². The number of halogens is 2. The molecule has 134 valence electrons. The molecule has 4 nitrogen and oxygen atoms in total. The van der Waals surface area contributed by atoms with Crippen molar-refractivity contribution in [3.63, 3.8) is 0 Å². The van der Waals surface area contributed by atoms with Gasteiger partial charge in [-0.25, -0.2) is 4.39 Å². The number of nitrogens with zero attached hydrogens (tertiary/aromatic N) is 2. The Kier molecular flexibility index (Phi) is 7.74. The smallest absolute Gasteiger partial charge is 0.190 e.